The maximum Gasteiger partial charge on any atom is 0.182 e. The Bertz CT molecular complexity index is 542. The molecule has 3 rings (SSSR count). The van der Waals surface area contributed by atoms with Crippen molar-refractivity contribution in [3.63, 3.8) is 0 Å². The molecule has 0 aliphatic carbocycles. The van der Waals surface area contributed by atoms with Crippen LogP contribution in [0.25, 0.3) is 11.2 Å². The van der Waals surface area contributed by atoms with Crippen molar-refractivity contribution in [1.29, 1.82) is 0 Å². The number of rotatable bonds is 3. The number of aromatic nitrogens is 4. The van der Waals surface area contributed by atoms with E-state index in [2.05, 4.69) is 32.2 Å². The van der Waals surface area contributed by atoms with Crippen molar-refractivity contribution in [1.82, 2.24) is 19.9 Å². The molecule has 0 saturated heterocycles. The van der Waals surface area contributed by atoms with E-state index in [-0.39, 0.29) is 12.1 Å². The molecule has 88 valence electrons. The van der Waals surface area contributed by atoms with Gasteiger partial charge in [-0.25, -0.2) is 15.0 Å². The zero-order valence-electron chi connectivity index (χ0n) is 9.42. The number of fused-ring (bicyclic) bond motifs is 1. The van der Waals surface area contributed by atoms with Crippen LogP contribution in [0.1, 0.15) is 13.3 Å². The molecule has 0 aromatic carbocycles. The molecule has 1 aliphatic heterocycles. The summed E-state index contributed by atoms with van der Waals surface area (Å²) in [5, 5.41) is 3.33. The molecule has 2 N–H and O–H groups in total. The third-order valence-electron chi connectivity index (χ3n) is 2.86. The highest BCUT2D eigenvalue weighted by molar-refractivity contribution is 5.82. The summed E-state index contributed by atoms with van der Waals surface area (Å²) in [5.74, 6) is 0.760. The summed E-state index contributed by atoms with van der Waals surface area (Å²) in [6.45, 7) is 2.07. The summed E-state index contributed by atoms with van der Waals surface area (Å²) in [7, 11) is 0. The third-order valence-corrected chi connectivity index (χ3v) is 2.86. The minimum atomic E-state index is 0.155. The first-order valence-electron chi connectivity index (χ1n) is 5.55. The molecule has 6 heteroatoms. The van der Waals surface area contributed by atoms with Gasteiger partial charge in [0.25, 0.3) is 0 Å². The molecule has 0 amide bonds. The lowest BCUT2D eigenvalue weighted by Crippen LogP contribution is -2.30. The average molecular weight is 231 g/mol. The number of H-pyrrole nitrogens is 1. The topological polar surface area (TPSA) is 75.7 Å². The van der Waals surface area contributed by atoms with E-state index in [0.717, 1.165) is 17.8 Å². The first kappa shape index (κ1) is 10.1. The summed E-state index contributed by atoms with van der Waals surface area (Å²) in [5.41, 5.74) is 1.49. The van der Waals surface area contributed by atoms with Crippen molar-refractivity contribution in [3.8, 4) is 0 Å². The van der Waals surface area contributed by atoms with E-state index < -0.39 is 0 Å². The molecular weight excluding hydrogens is 218 g/mol. The predicted molar refractivity (Wildman–Crippen MR) is 63.4 cm³/mol. The molecule has 3 heterocycles. The number of anilines is 1. The highest BCUT2D eigenvalue weighted by atomic mass is 16.5. The van der Waals surface area contributed by atoms with Crippen molar-refractivity contribution in [2.24, 2.45) is 0 Å². The normalized spacial score (nSPS) is 20.4. The van der Waals surface area contributed by atoms with E-state index in [9.17, 15) is 0 Å². The maximum absolute atomic E-state index is 5.47. The van der Waals surface area contributed by atoms with Crippen molar-refractivity contribution in [3.05, 3.63) is 25.0 Å². The van der Waals surface area contributed by atoms with Crippen LogP contribution in [0.15, 0.2) is 25.0 Å². The van der Waals surface area contributed by atoms with Gasteiger partial charge in [0.05, 0.1) is 18.6 Å². The van der Waals surface area contributed by atoms with Gasteiger partial charge in [-0.15, -0.1) is 0 Å². The lowest BCUT2D eigenvalue weighted by atomic mass is 10.1. The molecular formula is C11H13N5O. The lowest BCUT2D eigenvalue weighted by molar-refractivity contribution is 0.155. The van der Waals surface area contributed by atoms with E-state index in [1.165, 1.54) is 6.33 Å². The highest BCUT2D eigenvalue weighted by Crippen LogP contribution is 2.19. The first-order valence-corrected chi connectivity index (χ1v) is 5.55. The second-order valence-corrected chi connectivity index (χ2v) is 4.04. The number of nitrogens with zero attached hydrogens (tertiary/aromatic N) is 3. The van der Waals surface area contributed by atoms with E-state index in [1.54, 1.807) is 12.6 Å². The minimum Gasteiger partial charge on any atom is -0.496 e. The summed E-state index contributed by atoms with van der Waals surface area (Å²) in [6, 6.07) is 0.173. The Morgan fingerprint density at radius 3 is 3.24 bits per heavy atom. The summed E-state index contributed by atoms with van der Waals surface area (Å²) < 4.78 is 5.47. The Labute approximate surface area is 98.1 Å². The van der Waals surface area contributed by atoms with Crippen LogP contribution >= 0.6 is 0 Å². The van der Waals surface area contributed by atoms with Crippen molar-refractivity contribution in [2.75, 3.05) is 5.32 Å². The van der Waals surface area contributed by atoms with Crippen LogP contribution < -0.4 is 5.32 Å². The standard InChI is InChI=1S/C11H13N5O/c1-7(8-3-2-4-17-8)16-11-9-10(13-5-12-9)14-6-15-11/h2,4-8H,3H2,1H3,(H2,12,13,14,15,16). The molecule has 6 nitrogen and oxygen atoms in total. The summed E-state index contributed by atoms with van der Waals surface area (Å²) >= 11 is 0. The summed E-state index contributed by atoms with van der Waals surface area (Å²) in [6.07, 6.45) is 7.96. The van der Waals surface area contributed by atoms with Crippen LogP contribution in [0.3, 0.4) is 0 Å². The fourth-order valence-corrected chi connectivity index (χ4v) is 1.91. The Balaban J connectivity index is 1.82. The maximum atomic E-state index is 5.47. The molecule has 2 unspecified atom stereocenters. The number of ether oxygens (including phenoxy) is 1. The third kappa shape index (κ3) is 1.82. The summed E-state index contributed by atoms with van der Waals surface area (Å²) in [4.78, 5) is 15.4. The zero-order chi connectivity index (χ0) is 11.7. The number of hydrogen-bond donors (Lipinski definition) is 2. The molecule has 0 bridgehead atoms. The molecule has 2 aromatic heterocycles. The molecule has 2 atom stereocenters. The van der Waals surface area contributed by atoms with Crippen LogP contribution in [-0.4, -0.2) is 32.1 Å². The van der Waals surface area contributed by atoms with E-state index in [0.29, 0.717) is 5.65 Å². The van der Waals surface area contributed by atoms with Gasteiger partial charge < -0.3 is 15.0 Å². The molecule has 0 spiro atoms. The Hall–Kier alpha value is -2.11. The van der Waals surface area contributed by atoms with Gasteiger partial charge in [0.1, 0.15) is 17.9 Å². The average Bonchev–Trinajstić information content (AvgIpc) is 3.00. The Morgan fingerprint density at radius 1 is 1.47 bits per heavy atom. The smallest absolute Gasteiger partial charge is 0.182 e. The van der Waals surface area contributed by atoms with Gasteiger partial charge >= 0.3 is 0 Å². The van der Waals surface area contributed by atoms with Gasteiger partial charge in [-0.3, -0.25) is 0 Å². The van der Waals surface area contributed by atoms with Crippen molar-refractivity contribution < 1.29 is 4.74 Å². The molecule has 2 aromatic rings. The van der Waals surface area contributed by atoms with E-state index in [1.807, 2.05) is 6.08 Å². The fraction of sp³-hybridized carbons (Fsp3) is 0.364. The molecule has 0 radical (unpaired) electrons. The minimum absolute atomic E-state index is 0.155. The van der Waals surface area contributed by atoms with E-state index in [4.69, 9.17) is 4.74 Å². The predicted octanol–water partition coefficient (Wildman–Crippen LogP) is 1.46. The van der Waals surface area contributed by atoms with Crippen LogP contribution in [0.2, 0.25) is 0 Å². The zero-order valence-corrected chi connectivity index (χ0v) is 9.42. The van der Waals surface area contributed by atoms with Crippen LogP contribution in [0.5, 0.6) is 0 Å². The number of hydrogen-bond acceptors (Lipinski definition) is 5. The van der Waals surface area contributed by atoms with Crippen molar-refractivity contribution in [2.45, 2.75) is 25.5 Å². The van der Waals surface area contributed by atoms with Crippen LogP contribution in [-0.2, 0) is 4.74 Å². The monoisotopic (exact) mass is 231 g/mol. The van der Waals surface area contributed by atoms with E-state index >= 15 is 0 Å². The van der Waals surface area contributed by atoms with Crippen LogP contribution in [0, 0.1) is 0 Å². The number of imidazole rings is 1. The van der Waals surface area contributed by atoms with Gasteiger partial charge in [0.2, 0.25) is 0 Å². The van der Waals surface area contributed by atoms with Crippen LogP contribution in [0.4, 0.5) is 5.82 Å². The lowest BCUT2D eigenvalue weighted by Gasteiger charge is -2.20. The van der Waals surface area contributed by atoms with Gasteiger partial charge in [-0.05, 0) is 13.0 Å². The number of nitrogens with one attached hydrogen (secondary N) is 2. The SMILES string of the molecule is CC(Nc1ncnc2nc[nH]c12)C1CC=CO1. The first-order chi connectivity index (χ1) is 8.34. The molecule has 17 heavy (non-hydrogen) atoms. The van der Waals surface area contributed by atoms with Gasteiger partial charge in [0.15, 0.2) is 11.5 Å². The molecule has 0 saturated carbocycles. The van der Waals surface area contributed by atoms with Gasteiger partial charge in [-0.2, -0.15) is 0 Å². The number of aromatic amines is 1. The van der Waals surface area contributed by atoms with Gasteiger partial charge in [-0.1, -0.05) is 0 Å². The molecule has 0 fully saturated rings. The Morgan fingerprint density at radius 2 is 2.41 bits per heavy atom. The van der Waals surface area contributed by atoms with Gasteiger partial charge in [0, 0.05) is 6.42 Å². The highest BCUT2D eigenvalue weighted by Gasteiger charge is 2.20. The largest absolute Gasteiger partial charge is 0.496 e. The quantitative estimate of drug-likeness (QED) is 0.836. The fourth-order valence-electron chi connectivity index (χ4n) is 1.91. The van der Waals surface area contributed by atoms with Crippen molar-refractivity contribution >= 4 is 17.0 Å². The second-order valence-electron chi connectivity index (χ2n) is 4.04. The molecule has 1 aliphatic rings. The second kappa shape index (κ2) is 4.04. The Kier molecular flexibility index (Phi) is 2.40.